The lowest BCUT2D eigenvalue weighted by atomic mass is 10.4. The van der Waals surface area contributed by atoms with E-state index in [2.05, 4.69) is 0 Å². The van der Waals surface area contributed by atoms with Gasteiger partial charge in [0.15, 0.2) is 4.33 Å². The van der Waals surface area contributed by atoms with Gasteiger partial charge in [-0.1, -0.05) is 35.4 Å². The highest BCUT2D eigenvalue weighted by molar-refractivity contribution is 6.60. The van der Waals surface area contributed by atoms with E-state index < -0.39 is 9.17 Å². The monoisotopic (exact) mass is 206 g/mol. The van der Waals surface area contributed by atoms with Crippen LogP contribution in [0.1, 0.15) is 6.92 Å². The fourth-order valence-electron chi connectivity index (χ4n) is 0.295. The van der Waals surface area contributed by atoms with E-state index in [-0.39, 0.29) is 0 Å². The summed E-state index contributed by atoms with van der Waals surface area (Å²) < 4.78 is -1.15. The summed E-state index contributed by atoms with van der Waals surface area (Å²) in [6.07, 6.45) is 3.22. The highest BCUT2D eigenvalue weighted by atomic mass is 35.5. The molecule has 0 fully saturated rings. The van der Waals surface area contributed by atoms with Gasteiger partial charge in [0.25, 0.3) is 0 Å². The lowest BCUT2D eigenvalue weighted by molar-refractivity contribution is 1.06. The number of hydrogen-bond acceptors (Lipinski definition) is 0. The fraction of sp³-hybridized carbons (Fsp3) is 0.600. The first-order valence-electron chi connectivity index (χ1n) is 2.30. The highest BCUT2D eigenvalue weighted by Gasteiger charge is 2.28. The second kappa shape index (κ2) is 3.92. The Bertz CT molecular complexity index is 106. The van der Waals surface area contributed by atoms with Gasteiger partial charge >= 0.3 is 0 Å². The van der Waals surface area contributed by atoms with Crippen LogP contribution in [-0.2, 0) is 0 Å². The van der Waals surface area contributed by atoms with Crippen molar-refractivity contribution in [2.24, 2.45) is 0 Å². The molecule has 0 heterocycles. The Morgan fingerprint density at radius 2 is 1.78 bits per heavy atom. The smallest absolute Gasteiger partial charge is 0.102 e. The van der Waals surface area contributed by atoms with Crippen LogP contribution < -0.4 is 0 Å². The van der Waals surface area contributed by atoms with Crippen molar-refractivity contribution in [2.45, 2.75) is 16.1 Å². The van der Waals surface area contributed by atoms with E-state index in [0.717, 1.165) is 0 Å². The summed E-state index contributed by atoms with van der Waals surface area (Å²) in [5, 5.41) is 0. The lowest BCUT2D eigenvalue weighted by Crippen LogP contribution is -2.17. The normalized spacial score (nSPS) is 13.6. The zero-order valence-corrected chi connectivity index (χ0v) is 7.77. The van der Waals surface area contributed by atoms with Gasteiger partial charge in [-0.25, -0.2) is 0 Å². The Balaban J connectivity index is 4.01. The van der Waals surface area contributed by atoms with E-state index in [1.165, 1.54) is 6.08 Å². The van der Waals surface area contributed by atoms with Gasteiger partial charge in [-0.05, 0) is 6.92 Å². The van der Waals surface area contributed by atoms with E-state index in [1.807, 2.05) is 0 Å². The van der Waals surface area contributed by atoms with Crippen molar-refractivity contribution in [1.29, 1.82) is 0 Å². The standard InChI is InChI=1S/C5H6Cl4/c1-2-3-5(8,9)4(6)7/h2-4H,1H3. The van der Waals surface area contributed by atoms with Crippen molar-refractivity contribution < 1.29 is 0 Å². The number of allylic oxidation sites excluding steroid dienone is 2. The van der Waals surface area contributed by atoms with Crippen LogP contribution in [0.4, 0.5) is 0 Å². The third kappa shape index (κ3) is 3.57. The molecule has 0 saturated carbocycles. The molecule has 0 aromatic rings. The Labute approximate surface area is 74.7 Å². The van der Waals surface area contributed by atoms with E-state index in [0.29, 0.717) is 0 Å². The molecule has 0 atom stereocenters. The molecule has 0 aromatic heterocycles. The summed E-state index contributed by atoms with van der Waals surface area (Å²) in [5.41, 5.74) is 0. The molecule has 0 spiro atoms. The van der Waals surface area contributed by atoms with Gasteiger partial charge in [-0.3, -0.25) is 0 Å². The molecule has 0 radical (unpaired) electrons. The highest BCUT2D eigenvalue weighted by Crippen LogP contribution is 2.33. The lowest BCUT2D eigenvalue weighted by Gasteiger charge is -2.14. The quantitative estimate of drug-likeness (QED) is 0.480. The van der Waals surface area contributed by atoms with Crippen LogP contribution in [0.25, 0.3) is 0 Å². The van der Waals surface area contributed by atoms with Gasteiger partial charge in [0.05, 0.1) is 0 Å². The second-order valence-corrected chi connectivity index (χ2v) is 4.02. The van der Waals surface area contributed by atoms with Crippen LogP contribution >= 0.6 is 46.4 Å². The van der Waals surface area contributed by atoms with Crippen LogP contribution in [0.2, 0.25) is 0 Å². The zero-order chi connectivity index (χ0) is 7.49. The van der Waals surface area contributed by atoms with Gasteiger partial charge in [0.1, 0.15) is 4.84 Å². The first-order valence-corrected chi connectivity index (χ1v) is 3.93. The molecule has 0 aliphatic rings. The number of hydrogen-bond donors (Lipinski definition) is 0. The van der Waals surface area contributed by atoms with E-state index >= 15 is 0 Å². The Kier molecular flexibility index (Phi) is 4.31. The van der Waals surface area contributed by atoms with Crippen molar-refractivity contribution in [3.8, 4) is 0 Å². The molecule has 0 N–H and O–H groups in total. The molecular formula is C5H6Cl4. The minimum Gasteiger partial charge on any atom is -0.102 e. The molecular weight excluding hydrogens is 202 g/mol. The van der Waals surface area contributed by atoms with Crippen LogP contribution in [0.3, 0.4) is 0 Å². The van der Waals surface area contributed by atoms with Crippen molar-refractivity contribution in [3.05, 3.63) is 12.2 Å². The average Bonchev–Trinajstić information content (AvgIpc) is 1.65. The second-order valence-electron chi connectivity index (χ2n) is 1.48. The molecule has 54 valence electrons. The maximum Gasteiger partial charge on any atom is 0.166 e. The van der Waals surface area contributed by atoms with E-state index in [9.17, 15) is 0 Å². The minimum atomic E-state index is -1.15. The topological polar surface area (TPSA) is 0 Å². The predicted molar refractivity (Wildman–Crippen MR) is 44.7 cm³/mol. The van der Waals surface area contributed by atoms with Crippen LogP contribution in [0, 0.1) is 0 Å². The first-order chi connectivity index (χ1) is 4.00. The summed E-state index contributed by atoms with van der Waals surface area (Å²) in [6.45, 7) is 1.79. The molecule has 0 amide bonds. The average molecular weight is 208 g/mol. The SMILES string of the molecule is CC=CC(Cl)(Cl)C(Cl)Cl. The summed E-state index contributed by atoms with van der Waals surface area (Å²) in [7, 11) is 0. The summed E-state index contributed by atoms with van der Waals surface area (Å²) in [4.78, 5) is -0.794. The molecule has 0 aliphatic heterocycles. The van der Waals surface area contributed by atoms with Gasteiger partial charge in [0, 0.05) is 0 Å². The summed E-state index contributed by atoms with van der Waals surface area (Å²) in [6, 6.07) is 0. The molecule has 4 heteroatoms. The predicted octanol–water partition coefficient (Wildman–Crippen LogP) is 3.54. The maximum absolute atomic E-state index is 5.59. The Hall–Kier alpha value is 0.900. The molecule has 0 aromatic carbocycles. The largest absolute Gasteiger partial charge is 0.166 e. The molecule has 9 heavy (non-hydrogen) atoms. The third-order valence-corrected chi connectivity index (χ3v) is 2.50. The molecule has 0 bridgehead atoms. The molecule has 0 unspecified atom stereocenters. The number of halogens is 4. The molecule has 0 aliphatic carbocycles. The van der Waals surface area contributed by atoms with Crippen molar-refractivity contribution in [1.82, 2.24) is 0 Å². The van der Waals surface area contributed by atoms with Crippen molar-refractivity contribution in [2.75, 3.05) is 0 Å². The molecule has 0 rings (SSSR count). The van der Waals surface area contributed by atoms with Crippen molar-refractivity contribution >= 4 is 46.4 Å². The summed E-state index contributed by atoms with van der Waals surface area (Å²) >= 11 is 22.0. The summed E-state index contributed by atoms with van der Waals surface area (Å²) in [5.74, 6) is 0. The fourth-order valence-corrected chi connectivity index (χ4v) is 0.692. The van der Waals surface area contributed by atoms with Gasteiger partial charge in [0.2, 0.25) is 0 Å². The number of alkyl halides is 4. The van der Waals surface area contributed by atoms with Crippen LogP contribution in [0.5, 0.6) is 0 Å². The Morgan fingerprint density at radius 1 is 1.33 bits per heavy atom. The third-order valence-electron chi connectivity index (χ3n) is 0.680. The van der Waals surface area contributed by atoms with Gasteiger partial charge < -0.3 is 0 Å². The molecule has 0 nitrogen and oxygen atoms in total. The minimum absolute atomic E-state index is 0.794. The van der Waals surface area contributed by atoms with Crippen LogP contribution in [0.15, 0.2) is 12.2 Å². The van der Waals surface area contributed by atoms with Gasteiger partial charge in [-0.15, -0.1) is 23.2 Å². The van der Waals surface area contributed by atoms with Crippen molar-refractivity contribution in [3.63, 3.8) is 0 Å². The number of rotatable bonds is 2. The van der Waals surface area contributed by atoms with Gasteiger partial charge in [-0.2, -0.15) is 0 Å². The maximum atomic E-state index is 5.59. The van der Waals surface area contributed by atoms with E-state index in [4.69, 9.17) is 46.4 Å². The Morgan fingerprint density at radius 3 is 1.89 bits per heavy atom. The molecule has 0 saturated heterocycles. The zero-order valence-electron chi connectivity index (χ0n) is 4.74. The first kappa shape index (κ1) is 9.90. The van der Waals surface area contributed by atoms with Crippen LogP contribution in [-0.4, -0.2) is 9.17 Å². The van der Waals surface area contributed by atoms with E-state index in [1.54, 1.807) is 13.0 Å².